The van der Waals surface area contributed by atoms with Crippen molar-refractivity contribution in [1.82, 2.24) is 9.97 Å². The van der Waals surface area contributed by atoms with Crippen molar-refractivity contribution in [2.75, 3.05) is 5.32 Å². The predicted molar refractivity (Wildman–Crippen MR) is 92.5 cm³/mol. The summed E-state index contributed by atoms with van der Waals surface area (Å²) in [6.45, 7) is 1.82. The third-order valence-corrected chi connectivity index (χ3v) is 5.31. The number of thioether (sulfide) groups is 1. The Hall–Kier alpha value is -2.43. The van der Waals surface area contributed by atoms with Gasteiger partial charge in [0.05, 0.1) is 26.7 Å². The molecule has 3 rings (SSSR count). The average Bonchev–Trinajstić information content (AvgIpc) is 3.05. The quantitative estimate of drug-likeness (QED) is 0.579. The van der Waals surface area contributed by atoms with Crippen LogP contribution >= 0.6 is 23.1 Å². The summed E-state index contributed by atoms with van der Waals surface area (Å²) in [4.78, 5) is 20.8. The number of nitriles is 1. The van der Waals surface area contributed by atoms with E-state index in [1.54, 1.807) is 35.6 Å². The molecule has 0 bridgehead atoms. The van der Waals surface area contributed by atoms with Crippen LogP contribution in [0, 0.1) is 11.3 Å². The molecule has 1 atom stereocenters. The molecule has 0 unspecified atom stereocenters. The number of anilines is 1. The van der Waals surface area contributed by atoms with Crippen LogP contribution in [0.2, 0.25) is 0 Å². The minimum atomic E-state index is -0.345. The molecule has 0 saturated carbocycles. The fourth-order valence-corrected chi connectivity index (χ4v) is 3.83. The predicted octanol–water partition coefficient (Wildman–Crippen LogP) is 3.68. The van der Waals surface area contributed by atoms with Gasteiger partial charge in [0.25, 0.3) is 0 Å². The van der Waals surface area contributed by atoms with E-state index in [9.17, 15) is 4.79 Å². The number of fused-ring (bicyclic) bond motifs is 1. The molecule has 0 fully saturated rings. The van der Waals surface area contributed by atoms with Crippen LogP contribution < -0.4 is 5.32 Å². The summed E-state index contributed by atoms with van der Waals surface area (Å²) in [6.07, 6.45) is 1.51. The molecule has 114 valence electrons. The van der Waals surface area contributed by atoms with Gasteiger partial charge < -0.3 is 5.32 Å². The van der Waals surface area contributed by atoms with Gasteiger partial charge in [-0.05, 0) is 30.5 Å². The molecular formula is C16H12N4OS2. The number of benzene rings is 1. The lowest BCUT2D eigenvalue weighted by molar-refractivity contribution is -0.115. The molecule has 3 aromatic rings. The second kappa shape index (κ2) is 6.77. The summed E-state index contributed by atoms with van der Waals surface area (Å²) in [5, 5.41) is 14.3. The van der Waals surface area contributed by atoms with Crippen LogP contribution in [0.25, 0.3) is 10.2 Å². The van der Waals surface area contributed by atoms with Gasteiger partial charge in [-0.25, -0.2) is 9.97 Å². The molecule has 0 aliphatic carbocycles. The zero-order chi connectivity index (χ0) is 16.2. The Morgan fingerprint density at radius 2 is 2.17 bits per heavy atom. The van der Waals surface area contributed by atoms with Gasteiger partial charge >= 0.3 is 0 Å². The lowest BCUT2D eigenvalue weighted by Crippen LogP contribution is -2.23. The van der Waals surface area contributed by atoms with Crippen molar-refractivity contribution in [2.24, 2.45) is 0 Å². The highest BCUT2D eigenvalue weighted by Crippen LogP contribution is 2.31. The van der Waals surface area contributed by atoms with Crippen molar-refractivity contribution < 1.29 is 4.79 Å². The third kappa shape index (κ3) is 3.33. The van der Waals surface area contributed by atoms with Gasteiger partial charge in [0, 0.05) is 0 Å². The molecule has 2 heterocycles. The third-order valence-electron chi connectivity index (χ3n) is 3.17. The summed E-state index contributed by atoms with van der Waals surface area (Å²) in [6, 6.07) is 10.9. The maximum absolute atomic E-state index is 12.4. The zero-order valence-electron chi connectivity index (χ0n) is 12.2. The maximum atomic E-state index is 12.4. The number of nitrogens with zero attached hydrogens (tertiary/aromatic N) is 3. The Labute approximate surface area is 141 Å². The van der Waals surface area contributed by atoms with Crippen LogP contribution in [0.4, 0.5) is 5.69 Å². The van der Waals surface area contributed by atoms with E-state index < -0.39 is 0 Å². The molecule has 2 aromatic heterocycles. The van der Waals surface area contributed by atoms with Crippen molar-refractivity contribution in [1.29, 1.82) is 5.26 Å². The Bertz CT molecular complexity index is 900. The molecule has 1 amide bonds. The molecular weight excluding hydrogens is 328 g/mol. The fourth-order valence-electron chi connectivity index (χ4n) is 2.00. The van der Waals surface area contributed by atoms with Crippen molar-refractivity contribution in [3.05, 3.63) is 47.6 Å². The maximum Gasteiger partial charge on any atom is 0.237 e. The van der Waals surface area contributed by atoms with Gasteiger partial charge in [-0.1, -0.05) is 23.9 Å². The monoisotopic (exact) mass is 340 g/mol. The number of rotatable bonds is 4. The number of nitrogens with one attached hydrogen (secondary N) is 1. The smallest absolute Gasteiger partial charge is 0.237 e. The van der Waals surface area contributed by atoms with Crippen LogP contribution in [0.3, 0.4) is 0 Å². The van der Waals surface area contributed by atoms with E-state index in [1.165, 1.54) is 18.1 Å². The summed E-state index contributed by atoms with van der Waals surface area (Å²) in [7, 11) is 0. The number of hydrogen-bond donors (Lipinski definition) is 1. The lowest BCUT2D eigenvalue weighted by Gasteiger charge is -2.12. The van der Waals surface area contributed by atoms with Crippen LogP contribution in [0.1, 0.15) is 12.5 Å². The number of para-hydroxylation sites is 1. The molecule has 0 saturated heterocycles. The molecule has 7 heteroatoms. The largest absolute Gasteiger partial charge is 0.324 e. The fraction of sp³-hybridized carbons (Fsp3) is 0.125. The van der Waals surface area contributed by atoms with Gasteiger partial charge in [0.15, 0.2) is 0 Å². The molecule has 23 heavy (non-hydrogen) atoms. The van der Waals surface area contributed by atoms with E-state index in [-0.39, 0.29) is 11.2 Å². The molecule has 1 aromatic carbocycles. The van der Waals surface area contributed by atoms with Crippen LogP contribution in [-0.4, -0.2) is 21.1 Å². The summed E-state index contributed by atoms with van der Waals surface area (Å²) < 4.78 is 0.981. The summed E-state index contributed by atoms with van der Waals surface area (Å²) >= 11 is 2.94. The number of carbonyl (C=O) groups is 1. The SMILES string of the molecule is C[C@@H](Sc1ncnc2ccsc12)C(=O)Nc1ccccc1C#N. The van der Waals surface area contributed by atoms with E-state index in [0.29, 0.717) is 11.3 Å². The van der Waals surface area contributed by atoms with Gasteiger partial charge in [-0.3, -0.25) is 4.79 Å². The van der Waals surface area contributed by atoms with Crippen LogP contribution in [0.5, 0.6) is 0 Å². The topological polar surface area (TPSA) is 78.7 Å². The first-order valence-electron chi connectivity index (χ1n) is 6.84. The number of thiophene rings is 1. The molecule has 0 aliphatic rings. The highest BCUT2D eigenvalue weighted by molar-refractivity contribution is 8.00. The van der Waals surface area contributed by atoms with Crippen molar-refractivity contribution in [3.63, 3.8) is 0 Å². The van der Waals surface area contributed by atoms with Crippen molar-refractivity contribution in [2.45, 2.75) is 17.2 Å². The van der Waals surface area contributed by atoms with E-state index in [1.807, 2.05) is 18.4 Å². The zero-order valence-corrected chi connectivity index (χ0v) is 13.8. The van der Waals surface area contributed by atoms with Gasteiger partial charge in [-0.2, -0.15) is 5.26 Å². The van der Waals surface area contributed by atoms with Gasteiger partial charge in [0.2, 0.25) is 5.91 Å². The van der Waals surface area contributed by atoms with E-state index in [4.69, 9.17) is 5.26 Å². The Kier molecular flexibility index (Phi) is 4.55. The van der Waals surface area contributed by atoms with E-state index in [0.717, 1.165) is 15.2 Å². The standard InChI is InChI=1S/C16H12N4OS2/c1-10(15(21)20-12-5-3-2-4-11(12)8-17)23-16-14-13(6-7-22-14)18-9-19-16/h2-7,9-10H,1H3,(H,20,21)/t10-/m1/s1. The second-order valence-corrected chi connectivity index (χ2v) is 6.97. The summed E-state index contributed by atoms with van der Waals surface area (Å²) in [5.74, 6) is -0.166. The first-order valence-corrected chi connectivity index (χ1v) is 8.60. The Morgan fingerprint density at radius 1 is 1.35 bits per heavy atom. The molecule has 0 aliphatic heterocycles. The Balaban J connectivity index is 1.75. The normalized spacial score (nSPS) is 11.8. The summed E-state index contributed by atoms with van der Waals surface area (Å²) in [5.41, 5.74) is 1.85. The van der Waals surface area contributed by atoms with Crippen LogP contribution in [-0.2, 0) is 4.79 Å². The molecule has 0 radical (unpaired) electrons. The van der Waals surface area contributed by atoms with Crippen LogP contribution in [0.15, 0.2) is 47.1 Å². The molecule has 5 nitrogen and oxygen atoms in total. The molecule has 1 N–H and O–H groups in total. The minimum Gasteiger partial charge on any atom is -0.324 e. The second-order valence-electron chi connectivity index (χ2n) is 4.72. The first kappa shape index (κ1) is 15.5. The van der Waals surface area contributed by atoms with Crippen molar-refractivity contribution >= 4 is 44.9 Å². The molecule has 0 spiro atoms. The van der Waals surface area contributed by atoms with Gasteiger partial charge in [-0.15, -0.1) is 11.3 Å². The van der Waals surface area contributed by atoms with Crippen molar-refractivity contribution in [3.8, 4) is 6.07 Å². The number of carbonyl (C=O) groups excluding carboxylic acids is 1. The number of aromatic nitrogens is 2. The van der Waals surface area contributed by atoms with E-state index in [2.05, 4.69) is 21.4 Å². The minimum absolute atomic E-state index is 0.166. The number of amides is 1. The Morgan fingerprint density at radius 3 is 3.00 bits per heavy atom. The van der Waals surface area contributed by atoms with E-state index >= 15 is 0 Å². The highest BCUT2D eigenvalue weighted by Gasteiger charge is 2.18. The first-order chi connectivity index (χ1) is 11.2. The van der Waals surface area contributed by atoms with Gasteiger partial charge in [0.1, 0.15) is 17.4 Å². The number of hydrogen-bond acceptors (Lipinski definition) is 6. The lowest BCUT2D eigenvalue weighted by atomic mass is 10.2. The average molecular weight is 340 g/mol. The highest BCUT2D eigenvalue weighted by atomic mass is 32.2.